The Balaban J connectivity index is 2.22. The van der Waals surface area contributed by atoms with Gasteiger partial charge in [-0.05, 0) is 51.5 Å². The fourth-order valence-electron chi connectivity index (χ4n) is 2.83. The number of carbonyl (C=O) groups is 2. The topological polar surface area (TPSA) is 64.6 Å². The molecule has 1 heterocycles. The van der Waals surface area contributed by atoms with E-state index in [1.165, 1.54) is 16.2 Å². The summed E-state index contributed by atoms with van der Waals surface area (Å²) in [7, 11) is 0. The van der Waals surface area contributed by atoms with Gasteiger partial charge in [0.25, 0.3) is 0 Å². The fourth-order valence-corrected chi connectivity index (χ4v) is 4.24. The van der Waals surface area contributed by atoms with Crippen LogP contribution in [0.4, 0.5) is 5.00 Å². The lowest BCUT2D eigenvalue weighted by Gasteiger charge is -2.18. The van der Waals surface area contributed by atoms with Gasteiger partial charge in [-0.25, -0.2) is 4.79 Å². The minimum Gasteiger partial charge on any atom is -0.459 e. The molecule has 1 atom stereocenters. The van der Waals surface area contributed by atoms with Crippen molar-refractivity contribution < 1.29 is 19.1 Å². The third-order valence-electron chi connectivity index (χ3n) is 3.99. The van der Waals surface area contributed by atoms with Crippen LogP contribution in [-0.2, 0) is 27.1 Å². The molecular weight excluding hydrogens is 326 g/mol. The molecule has 0 spiro atoms. The van der Waals surface area contributed by atoms with Crippen LogP contribution in [-0.4, -0.2) is 31.2 Å². The molecule has 1 aromatic heterocycles. The smallest absolute Gasteiger partial charge is 0.341 e. The molecule has 24 heavy (non-hydrogen) atoms. The number of thiophene rings is 1. The average Bonchev–Trinajstić information content (AvgIpc) is 2.83. The van der Waals surface area contributed by atoms with Crippen LogP contribution in [0.1, 0.15) is 61.3 Å². The Morgan fingerprint density at radius 1 is 1.38 bits per heavy atom. The highest BCUT2D eigenvalue weighted by Gasteiger charge is 2.29. The van der Waals surface area contributed by atoms with Gasteiger partial charge in [0.2, 0.25) is 5.91 Å². The molecule has 134 valence electrons. The van der Waals surface area contributed by atoms with Crippen LogP contribution in [0.3, 0.4) is 0 Å². The van der Waals surface area contributed by atoms with Crippen molar-refractivity contribution in [1.82, 2.24) is 0 Å². The second-order valence-electron chi connectivity index (χ2n) is 6.51. The van der Waals surface area contributed by atoms with Crippen molar-refractivity contribution in [2.75, 3.05) is 18.5 Å². The highest BCUT2D eigenvalue weighted by atomic mass is 32.1. The second-order valence-corrected chi connectivity index (χ2v) is 7.61. The normalized spacial score (nSPS) is 16.8. The summed E-state index contributed by atoms with van der Waals surface area (Å²) in [6.07, 6.45) is 2.98. The van der Waals surface area contributed by atoms with E-state index < -0.39 is 0 Å². The molecule has 0 aromatic carbocycles. The number of hydrogen-bond donors (Lipinski definition) is 1. The van der Waals surface area contributed by atoms with Gasteiger partial charge in [0.15, 0.2) is 0 Å². The van der Waals surface area contributed by atoms with Crippen LogP contribution in [0, 0.1) is 5.92 Å². The van der Waals surface area contributed by atoms with Crippen molar-refractivity contribution in [2.45, 2.75) is 59.5 Å². The number of nitrogens with one attached hydrogen (secondary N) is 1. The molecule has 1 aliphatic rings. The molecule has 1 aliphatic carbocycles. The maximum Gasteiger partial charge on any atom is 0.341 e. The number of rotatable bonds is 7. The van der Waals surface area contributed by atoms with Gasteiger partial charge in [0, 0.05) is 11.5 Å². The predicted octanol–water partition coefficient (Wildman–Crippen LogP) is 3.80. The van der Waals surface area contributed by atoms with E-state index in [4.69, 9.17) is 9.47 Å². The van der Waals surface area contributed by atoms with E-state index in [1.54, 1.807) is 0 Å². The van der Waals surface area contributed by atoms with Crippen LogP contribution < -0.4 is 5.32 Å². The van der Waals surface area contributed by atoms with E-state index in [1.807, 2.05) is 20.8 Å². The number of anilines is 1. The first kappa shape index (κ1) is 18.9. The van der Waals surface area contributed by atoms with E-state index in [0.29, 0.717) is 29.7 Å². The quantitative estimate of drug-likeness (QED) is 0.598. The van der Waals surface area contributed by atoms with Crippen LogP contribution in [0.2, 0.25) is 0 Å². The van der Waals surface area contributed by atoms with Crippen LogP contribution in [0.5, 0.6) is 0 Å². The summed E-state index contributed by atoms with van der Waals surface area (Å²) in [6.45, 7) is 8.75. The number of carbonyl (C=O) groups excluding carboxylic acids is 2. The molecular formula is C18H27NO4S. The Morgan fingerprint density at radius 2 is 2.12 bits per heavy atom. The van der Waals surface area contributed by atoms with Crippen LogP contribution in [0.15, 0.2) is 0 Å². The molecule has 1 aromatic rings. The van der Waals surface area contributed by atoms with Crippen LogP contribution in [0.25, 0.3) is 0 Å². The summed E-state index contributed by atoms with van der Waals surface area (Å²) >= 11 is 1.52. The van der Waals surface area contributed by atoms with Crippen molar-refractivity contribution in [2.24, 2.45) is 5.92 Å². The molecule has 0 saturated heterocycles. The third-order valence-corrected chi connectivity index (χ3v) is 5.16. The first-order valence-corrected chi connectivity index (χ1v) is 9.47. The number of esters is 1. The van der Waals surface area contributed by atoms with Crippen molar-refractivity contribution in [1.29, 1.82) is 0 Å². The minimum absolute atomic E-state index is 0.131. The molecule has 0 aliphatic heterocycles. The number of fused-ring (bicyclic) bond motifs is 1. The summed E-state index contributed by atoms with van der Waals surface area (Å²) in [5.74, 6) is 0.137. The maximum atomic E-state index is 12.5. The fraction of sp³-hybridized carbons (Fsp3) is 0.667. The first-order valence-electron chi connectivity index (χ1n) is 8.65. The molecule has 5 nitrogen and oxygen atoms in total. The lowest BCUT2D eigenvalue weighted by atomic mass is 9.88. The molecule has 0 radical (unpaired) electrons. The highest BCUT2D eigenvalue weighted by molar-refractivity contribution is 7.17. The van der Waals surface area contributed by atoms with Crippen molar-refractivity contribution in [3.05, 3.63) is 16.0 Å². The minimum atomic E-state index is -0.336. The average molecular weight is 353 g/mol. The zero-order valence-electron chi connectivity index (χ0n) is 14.9. The first-order chi connectivity index (χ1) is 11.4. The van der Waals surface area contributed by atoms with Gasteiger partial charge < -0.3 is 14.8 Å². The molecule has 0 bridgehead atoms. The predicted molar refractivity (Wildman–Crippen MR) is 95.8 cm³/mol. The summed E-state index contributed by atoms with van der Waals surface area (Å²) in [5.41, 5.74) is 1.62. The Bertz CT molecular complexity index is 594. The number of ether oxygens (including phenoxy) is 2. The molecule has 2 rings (SSSR count). The van der Waals surface area contributed by atoms with Gasteiger partial charge in [-0.2, -0.15) is 0 Å². The van der Waals surface area contributed by atoms with Gasteiger partial charge >= 0.3 is 5.97 Å². The summed E-state index contributed by atoms with van der Waals surface area (Å²) < 4.78 is 10.6. The molecule has 1 unspecified atom stereocenters. The van der Waals surface area contributed by atoms with Gasteiger partial charge in [-0.1, -0.05) is 6.92 Å². The van der Waals surface area contributed by atoms with E-state index in [2.05, 4.69) is 12.2 Å². The van der Waals surface area contributed by atoms with Gasteiger partial charge in [-0.15, -0.1) is 11.3 Å². The molecule has 6 heteroatoms. The molecule has 0 fully saturated rings. The van der Waals surface area contributed by atoms with Crippen LogP contribution >= 0.6 is 11.3 Å². The monoisotopic (exact) mass is 353 g/mol. The number of amides is 1. The molecule has 1 N–H and O–H groups in total. The van der Waals surface area contributed by atoms with E-state index in [0.717, 1.165) is 24.8 Å². The van der Waals surface area contributed by atoms with Crippen molar-refractivity contribution >= 4 is 28.2 Å². The Morgan fingerprint density at radius 3 is 2.79 bits per heavy atom. The Hall–Kier alpha value is -1.40. The zero-order valence-corrected chi connectivity index (χ0v) is 15.8. The van der Waals surface area contributed by atoms with E-state index >= 15 is 0 Å². The zero-order chi connectivity index (χ0) is 17.7. The summed E-state index contributed by atoms with van der Waals surface area (Å²) in [4.78, 5) is 25.9. The molecule has 1 amide bonds. The van der Waals surface area contributed by atoms with E-state index in [-0.39, 0.29) is 24.4 Å². The van der Waals surface area contributed by atoms with Gasteiger partial charge in [-0.3, -0.25) is 4.79 Å². The Labute approximate surface area is 147 Å². The lowest BCUT2D eigenvalue weighted by molar-refractivity contribution is -0.117. The second kappa shape index (κ2) is 8.62. The number of hydrogen-bond acceptors (Lipinski definition) is 5. The SMILES string of the molecule is CCOCCC(=O)Nc1sc2c(c1C(=O)OC(C)C)CCC(C)C2. The largest absolute Gasteiger partial charge is 0.459 e. The van der Waals surface area contributed by atoms with Crippen molar-refractivity contribution in [3.8, 4) is 0 Å². The molecule has 0 saturated carbocycles. The highest BCUT2D eigenvalue weighted by Crippen LogP contribution is 2.40. The third kappa shape index (κ3) is 4.80. The lowest BCUT2D eigenvalue weighted by Crippen LogP contribution is -2.19. The Kier molecular flexibility index (Phi) is 6.80. The summed E-state index contributed by atoms with van der Waals surface area (Å²) in [5, 5.41) is 3.52. The summed E-state index contributed by atoms with van der Waals surface area (Å²) in [6, 6.07) is 0. The van der Waals surface area contributed by atoms with E-state index in [9.17, 15) is 9.59 Å². The van der Waals surface area contributed by atoms with Crippen molar-refractivity contribution in [3.63, 3.8) is 0 Å². The van der Waals surface area contributed by atoms with Gasteiger partial charge in [0.1, 0.15) is 5.00 Å². The van der Waals surface area contributed by atoms with Gasteiger partial charge in [0.05, 0.1) is 24.7 Å². The maximum absolute atomic E-state index is 12.5. The standard InChI is InChI=1S/C18H27NO4S/c1-5-22-9-8-15(20)19-17-16(18(21)23-11(2)3)13-7-6-12(4)10-14(13)24-17/h11-12H,5-10H2,1-4H3,(H,19,20).